The summed E-state index contributed by atoms with van der Waals surface area (Å²) in [5.41, 5.74) is 1.50. The Kier molecular flexibility index (Phi) is 5.67. The Morgan fingerprint density at radius 3 is 2.28 bits per heavy atom. The van der Waals surface area contributed by atoms with Crippen LogP contribution in [0.3, 0.4) is 0 Å². The van der Waals surface area contributed by atoms with Gasteiger partial charge in [-0.2, -0.15) is 0 Å². The predicted octanol–water partition coefficient (Wildman–Crippen LogP) is 3.91. The third-order valence-electron chi connectivity index (χ3n) is 3.14. The van der Waals surface area contributed by atoms with Crippen LogP contribution in [0.25, 0.3) is 0 Å². The molecule has 0 aliphatic rings. The third kappa shape index (κ3) is 5.09. The zero-order chi connectivity index (χ0) is 13.6. The molecule has 0 saturated carbocycles. The summed E-state index contributed by atoms with van der Waals surface area (Å²) in [6.07, 6.45) is 2.35. The average molecular weight is 250 g/mol. The minimum atomic E-state index is -0.183. The summed E-state index contributed by atoms with van der Waals surface area (Å²) in [7, 11) is 0. The number of benzene rings is 1. The summed E-state index contributed by atoms with van der Waals surface area (Å²) in [5.74, 6) is 0.911. The fourth-order valence-electron chi connectivity index (χ4n) is 1.76. The molecule has 2 nitrogen and oxygen atoms in total. The maximum atomic E-state index is 9.43. The quantitative estimate of drug-likeness (QED) is 0.776. The minimum Gasteiger partial charge on any atom is -0.494 e. The highest BCUT2D eigenvalue weighted by Crippen LogP contribution is 2.24. The van der Waals surface area contributed by atoms with Crippen LogP contribution in [0.1, 0.15) is 52.5 Å². The highest BCUT2D eigenvalue weighted by Gasteiger charge is 2.12. The molecule has 1 rings (SSSR count). The van der Waals surface area contributed by atoms with Crippen molar-refractivity contribution in [3.05, 3.63) is 29.8 Å². The molecule has 0 aliphatic heterocycles. The summed E-state index contributed by atoms with van der Waals surface area (Å²) in [5, 5.41) is 9.43. The molecule has 0 spiro atoms. The molecule has 1 atom stereocenters. The van der Waals surface area contributed by atoms with E-state index in [2.05, 4.69) is 32.9 Å². The first-order chi connectivity index (χ1) is 8.43. The van der Waals surface area contributed by atoms with Gasteiger partial charge in [0.15, 0.2) is 0 Å². The minimum absolute atomic E-state index is 0.183. The summed E-state index contributed by atoms with van der Waals surface area (Å²) >= 11 is 0. The van der Waals surface area contributed by atoms with Crippen LogP contribution >= 0.6 is 0 Å². The Morgan fingerprint density at radius 2 is 1.78 bits per heavy atom. The Labute approximate surface area is 111 Å². The molecule has 0 aromatic heterocycles. The number of rotatable bonds is 6. The zero-order valence-electron chi connectivity index (χ0n) is 12.1. The molecule has 1 aromatic carbocycles. The first kappa shape index (κ1) is 15.0. The van der Waals surface area contributed by atoms with Crippen molar-refractivity contribution in [2.45, 2.75) is 58.5 Å². The number of aliphatic hydroxyl groups is 1. The van der Waals surface area contributed by atoms with Crippen molar-refractivity contribution in [2.75, 3.05) is 6.61 Å². The van der Waals surface area contributed by atoms with E-state index in [-0.39, 0.29) is 11.5 Å². The van der Waals surface area contributed by atoms with Gasteiger partial charge in [-0.1, -0.05) is 39.8 Å². The Hall–Kier alpha value is -1.02. The topological polar surface area (TPSA) is 29.5 Å². The second kappa shape index (κ2) is 6.79. The lowest BCUT2D eigenvalue weighted by atomic mass is 9.87. The van der Waals surface area contributed by atoms with Gasteiger partial charge in [0.2, 0.25) is 0 Å². The molecule has 0 radical (unpaired) electrons. The molecule has 0 amide bonds. The van der Waals surface area contributed by atoms with E-state index >= 15 is 0 Å². The van der Waals surface area contributed by atoms with E-state index in [1.807, 2.05) is 19.1 Å². The van der Waals surface area contributed by atoms with Crippen molar-refractivity contribution in [1.82, 2.24) is 0 Å². The molecule has 0 fully saturated rings. The van der Waals surface area contributed by atoms with Crippen LogP contribution in [0, 0.1) is 0 Å². The average Bonchev–Trinajstić information content (AvgIpc) is 2.33. The van der Waals surface area contributed by atoms with E-state index in [1.165, 1.54) is 5.56 Å². The zero-order valence-corrected chi connectivity index (χ0v) is 12.1. The lowest BCUT2D eigenvalue weighted by Gasteiger charge is -2.19. The van der Waals surface area contributed by atoms with E-state index in [4.69, 9.17) is 4.74 Å². The lowest BCUT2D eigenvalue weighted by Crippen LogP contribution is -2.10. The summed E-state index contributed by atoms with van der Waals surface area (Å²) in [6.45, 7) is 9.28. The van der Waals surface area contributed by atoms with Gasteiger partial charge in [0, 0.05) is 0 Å². The second-order valence-electron chi connectivity index (χ2n) is 5.83. The SMILES string of the molecule is CCC(O)CCCOc1ccc(C(C)(C)C)cc1. The summed E-state index contributed by atoms with van der Waals surface area (Å²) in [4.78, 5) is 0. The smallest absolute Gasteiger partial charge is 0.119 e. The van der Waals surface area contributed by atoms with Crippen molar-refractivity contribution in [2.24, 2.45) is 0 Å². The molecule has 102 valence electrons. The molecule has 0 aliphatic carbocycles. The van der Waals surface area contributed by atoms with Crippen LogP contribution in [-0.4, -0.2) is 17.8 Å². The van der Waals surface area contributed by atoms with Crippen LogP contribution in [0.2, 0.25) is 0 Å². The summed E-state index contributed by atoms with van der Waals surface area (Å²) in [6, 6.07) is 8.29. The lowest BCUT2D eigenvalue weighted by molar-refractivity contribution is 0.149. The first-order valence-corrected chi connectivity index (χ1v) is 6.85. The summed E-state index contributed by atoms with van der Waals surface area (Å²) < 4.78 is 5.66. The van der Waals surface area contributed by atoms with Crippen molar-refractivity contribution < 1.29 is 9.84 Å². The van der Waals surface area contributed by atoms with Gasteiger partial charge < -0.3 is 9.84 Å². The fourth-order valence-corrected chi connectivity index (χ4v) is 1.76. The molecule has 1 N–H and O–H groups in total. The standard InChI is InChI=1S/C16H26O2/c1-5-14(17)7-6-12-18-15-10-8-13(9-11-15)16(2,3)4/h8-11,14,17H,5-7,12H2,1-4H3. The maximum Gasteiger partial charge on any atom is 0.119 e. The first-order valence-electron chi connectivity index (χ1n) is 6.85. The van der Waals surface area contributed by atoms with Crippen LogP contribution < -0.4 is 4.74 Å². The molecular formula is C16H26O2. The maximum absolute atomic E-state index is 9.43. The van der Waals surface area contributed by atoms with E-state index in [1.54, 1.807) is 0 Å². The van der Waals surface area contributed by atoms with Crippen molar-refractivity contribution in [1.29, 1.82) is 0 Å². The second-order valence-corrected chi connectivity index (χ2v) is 5.83. The predicted molar refractivity (Wildman–Crippen MR) is 76.2 cm³/mol. The molecule has 0 bridgehead atoms. The van der Waals surface area contributed by atoms with Gasteiger partial charge in [-0.3, -0.25) is 0 Å². The highest BCUT2D eigenvalue weighted by molar-refractivity contribution is 5.31. The normalized spacial score (nSPS) is 13.4. The molecule has 0 heterocycles. The largest absolute Gasteiger partial charge is 0.494 e. The Morgan fingerprint density at radius 1 is 1.17 bits per heavy atom. The van der Waals surface area contributed by atoms with Crippen LogP contribution in [-0.2, 0) is 5.41 Å². The number of hydrogen-bond donors (Lipinski definition) is 1. The van der Waals surface area contributed by atoms with E-state index in [0.717, 1.165) is 25.0 Å². The highest BCUT2D eigenvalue weighted by atomic mass is 16.5. The van der Waals surface area contributed by atoms with Crippen molar-refractivity contribution in [3.63, 3.8) is 0 Å². The van der Waals surface area contributed by atoms with Gasteiger partial charge in [-0.05, 0) is 42.4 Å². The van der Waals surface area contributed by atoms with Gasteiger partial charge in [-0.15, -0.1) is 0 Å². The van der Waals surface area contributed by atoms with Gasteiger partial charge in [-0.25, -0.2) is 0 Å². The van der Waals surface area contributed by atoms with Crippen LogP contribution in [0.4, 0.5) is 0 Å². The Balaban J connectivity index is 2.36. The molecule has 2 heteroatoms. The molecule has 0 saturated heterocycles. The van der Waals surface area contributed by atoms with Gasteiger partial charge in [0.25, 0.3) is 0 Å². The Bertz CT molecular complexity index is 335. The third-order valence-corrected chi connectivity index (χ3v) is 3.14. The van der Waals surface area contributed by atoms with E-state index in [0.29, 0.717) is 6.61 Å². The van der Waals surface area contributed by atoms with Crippen LogP contribution in [0.5, 0.6) is 5.75 Å². The van der Waals surface area contributed by atoms with E-state index < -0.39 is 0 Å². The van der Waals surface area contributed by atoms with Gasteiger partial charge in [0.1, 0.15) is 5.75 Å². The number of hydrogen-bond acceptors (Lipinski definition) is 2. The monoisotopic (exact) mass is 250 g/mol. The van der Waals surface area contributed by atoms with Gasteiger partial charge in [0.05, 0.1) is 12.7 Å². The van der Waals surface area contributed by atoms with E-state index in [9.17, 15) is 5.11 Å². The molecule has 1 aromatic rings. The number of ether oxygens (including phenoxy) is 1. The van der Waals surface area contributed by atoms with Crippen molar-refractivity contribution in [3.8, 4) is 5.75 Å². The molecule has 1 unspecified atom stereocenters. The van der Waals surface area contributed by atoms with Crippen molar-refractivity contribution >= 4 is 0 Å². The fraction of sp³-hybridized carbons (Fsp3) is 0.625. The molecule has 18 heavy (non-hydrogen) atoms. The van der Waals surface area contributed by atoms with Gasteiger partial charge >= 0.3 is 0 Å². The number of aliphatic hydroxyl groups excluding tert-OH is 1. The molecular weight excluding hydrogens is 224 g/mol. The van der Waals surface area contributed by atoms with Crippen LogP contribution in [0.15, 0.2) is 24.3 Å².